The van der Waals surface area contributed by atoms with Crippen molar-refractivity contribution < 1.29 is 23.8 Å². The summed E-state index contributed by atoms with van der Waals surface area (Å²) in [7, 11) is 0. The molecule has 1 amide bonds. The lowest BCUT2D eigenvalue weighted by Crippen LogP contribution is -2.18. The van der Waals surface area contributed by atoms with E-state index in [1.165, 1.54) is 12.1 Å². The van der Waals surface area contributed by atoms with Crippen molar-refractivity contribution in [2.75, 3.05) is 10.6 Å². The molecule has 3 aromatic carbocycles. The molecule has 12 heteroatoms. The van der Waals surface area contributed by atoms with E-state index in [0.717, 1.165) is 24.1 Å². The quantitative estimate of drug-likeness (QED) is 0.126. The number of carboxylic acid groups (broad SMARTS) is 1. The summed E-state index contributed by atoms with van der Waals surface area (Å²) in [6.07, 6.45) is 4.24. The molecule has 0 aliphatic heterocycles. The van der Waals surface area contributed by atoms with Crippen LogP contribution in [0.3, 0.4) is 0 Å². The highest BCUT2D eigenvalue weighted by Crippen LogP contribution is 2.31. The summed E-state index contributed by atoms with van der Waals surface area (Å²) in [4.78, 5) is 29.3. The highest BCUT2D eigenvalue weighted by molar-refractivity contribution is 6.30. The van der Waals surface area contributed by atoms with Crippen molar-refractivity contribution in [1.82, 2.24) is 19.7 Å². The third-order valence-corrected chi connectivity index (χ3v) is 7.57. The van der Waals surface area contributed by atoms with Crippen LogP contribution < -0.4 is 15.4 Å². The maximum Gasteiger partial charge on any atom is 0.336 e. The Morgan fingerprint density at radius 2 is 1.89 bits per heavy atom. The summed E-state index contributed by atoms with van der Waals surface area (Å²) in [5.41, 5.74) is 4.22. The van der Waals surface area contributed by atoms with Gasteiger partial charge >= 0.3 is 5.97 Å². The number of carboxylic acids is 1. The van der Waals surface area contributed by atoms with E-state index >= 15 is 0 Å². The number of pyridine rings is 1. The van der Waals surface area contributed by atoms with Gasteiger partial charge in [0, 0.05) is 28.9 Å². The van der Waals surface area contributed by atoms with Gasteiger partial charge in [-0.2, -0.15) is 0 Å². The molecule has 0 bridgehead atoms. The normalized spacial score (nSPS) is 10.9. The van der Waals surface area contributed by atoms with Crippen molar-refractivity contribution in [3.63, 3.8) is 0 Å². The average molecular weight is 643 g/mol. The number of hydrogen-bond acceptors (Lipinski definition) is 7. The SMILES string of the molecule is CCCn1cnnc1CNc1c(NC(=O)Cc2ccc(-c3cccnc3OCc3ccc(Cl)cc3F)cc2)ccc(C(=O)O)c1C. The molecule has 46 heavy (non-hydrogen) atoms. The standard InChI is InChI=1S/C34H32ClFN6O4/c1-3-15-42-20-39-41-30(42)18-38-32-21(2)26(34(44)45)12-13-29(32)40-31(43)16-22-6-8-23(9-7-22)27-5-4-14-37-33(27)46-19-24-10-11-25(35)17-28(24)36/h4-14,17,20,38H,3,15-16,18-19H2,1-2H3,(H,40,43)(H,44,45). The molecule has 0 saturated carbocycles. The highest BCUT2D eigenvalue weighted by atomic mass is 35.5. The zero-order chi connectivity index (χ0) is 32.6. The van der Waals surface area contributed by atoms with E-state index in [4.69, 9.17) is 16.3 Å². The maximum atomic E-state index is 14.2. The number of carbonyl (C=O) groups is 2. The second-order valence-corrected chi connectivity index (χ2v) is 11.0. The fourth-order valence-electron chi connectivity index (χ4n) is 4.98. The Balaban J connectivity index is 1.28. The molecule has 5 aromatic rings. The number of amides is 1. The third-order valence-electron chi connectivity index (χ3n) is 7.33. The molecule has 0 aliphatic carbocycles. The smallest absolute Gasteiger partial charge is 0.336 e. The van der Waals surface area contributed by atoms with Gasteiger partial charge in [0.1, 0.15) is 18.8 Å². The average Bonchev–Trinajstić information content (AvgIpc) is 3.48. The zero-order valence-corrected chi connectivity index (χ0v) is 26.0. The molecule has 2 heterocycles. The van der Waals surface area contributed by atoms with E-state index in [-0.39, 0.29) is 24.5 Å². The molecule has 2 aromatic heterocycles. The predicted octanol–water partition coefficient (Wildman–Crippen LogP) is 6.92. The molecule has 0 radical (unpaired) electrons. The van der Waals surface area contributed by atoms with Crippen LogP contribution in [0.2, 0.25) is 5.02 Å². The number of carbonyl (C=O) groups excluding carboxylic acids is 1. The lowest BCUT2D eigenvalue weighted by atomic mass is 10.0. The summed E-state index contributed by atoms with van der Waals surface area (Å²) < 4.78 is 22.0. The Labute approximate surface area is 270 Å². The Morgan fingerprint density at radius 3 is 2.63 bits per heavy atom. The summed E-state index contributed by atoms with van der Waals surface area (Å²) in [6.45, 7) is 4.77. The van der Waals surface area contributed by atoms with Crippen LogP contribution in [-0.2, 0) is 30.9 Å². The van der Waals surface area contributed by atoms with Crippen LogP contribution in [0, 0.1) is 12.7 Å². The molecule has 236 valence electrons. The van der Waals surface area contributed by atoms with E-state index in [1.807, 2.05) is 34.9 Å². The van der Waals surface area contributed by atoms with E-state index in [2.05, 4.69) is 32.7 Å². The third kappa shape index (κ3) is 7.67. The van der Waals surface area contributed by atoms with Gasteiger partial charge in [0.25, 0.3) is 0 Å². The number of halogens is 2. The van der Waals surface area contributed by atoms with Crippen molar-refractivity contribution in [2.45, 2.75) is 46.4 Å². The molecule has 0 saturated heterocycles. The monoisotopic (exact) mass is 642 g/mol. The van der Waals surface area contributed by atoms with E-state index in [1.54, 1.807) is 43.7 Å². The second kappa shape index (κ2) is 14.7. The first-order chi connectivity index (χ1) is 22.2. The fourth-order valence-corrected chi connectivity index (χ4v) is 5.14. The number of nitrogens with zero attached hydrogens (tertiary/aromatic N) is 4. The van der Waals surface area contributed by atoms with Crippen molar-refractivity contribution in [3.05, 3.63) is 118 Å². The molecule has 0 spiro atoms. The number of aryl methyl sites for hydroxylation is 1. The van der Waals surface area contributed by atoms with Gasteiger partial charge in [0.2, 0.25) is 11.8 Å². The minimum absolute atomic E-state index is 0.0199. The fraction of sp³-hybridized carbons (Fsp3) is 0.206. The van der Waals surface area contributed by atoms with Gasteiger partial charge in [-0.25, -0.2) is 14.2 Å². The van der Waals surface area contributed by atoms with Gasteiger partial charge < -0.3 is 25.0 Å². The molecular formula is C34H32ClFN6O4. The number of rotatable bonds is 13. The van der Waals surface area contributed by atoms with Crippen molar-refractivity contribution in [1.29, 1.82) is 0 Å². The van der Waals surface area contributed by atoms with Gasteiger partial charge in [-0.05, 0) is 66.4 Å². The first-order valence-electron chi connectivity index (χ1n) is 14.6. The number of aromatic carboxylic acids is 1. The molecule has 10 nitrogen and oxygen atoms in total. The van der Waals surface area contributed by atoms with Crippen LogP contribution in [-0.4, -0.2) is 36.7 Å². The highest BCUT2D eigenvalue weighted by Gasteiger charge is 2.18. The van der Waals surface area contributed by atoms with Gasteiger partial charge in [-0.1, -0.05) is 48.9 Å². The van der Waals surface area contributed by atoms with Crippen LogP contribution in [0.5, 0.6) is 5.88 Å². The van der Waals surface area contributed by atoms with Gasteiger partial charge in [0.05, 0.1) is 29.9 Å². The lowest BCUT2D eigenvalue weighted by Gasteiger charge is -2.17. The van der Waals surface area contributed by atoms with Crippen molar-refractivity contribution >= 4 is 34.9 Å². The van der Waals surface area contributed by atoms with Crippen LogP contribution in [0.25, 0.3) is 11.1 Å². The first-order valence-corrected chi connectivity index (χ1v) is 15.0. The second-order valence-electron chi connectivity index (χ2n) is 10.6. The Bertz CT molecular complexity index is 1860. The number of ether oxygens (including phenoxy) is 1. The van der Waals surface area contributed by atoms with Crippen LogP contribution in [0.4, 0.5) is 15.8 Å². The predicted molar refractivity (Wildman–Crippen MR) is 174 cm³/mol. The Kier molecular flexibility index (Phi) is 10.2. The number of aromatic nitrogens is 4. The van der Waals surface area contributed by atoms with Crippen LogP contribution in [0.1, 0.15) is 46.2 Å². The minimum atomic E-state index is -1.06. The zero-order valence-electron chi connectivity index (χ0n) is 25.3. The topological polar surface area (TPSA) is 131 Å². The van der Waals surface area contributed by atoms with Crippen LogP contribution >= 0.6 is 11.6 Å². The Morgan fingerprint density at radius 1 is 1.09 bits per heavy atom. The van der Waals surface area contributed by atoms with Gasteiger partial charge in [-0.15, -0.1) is 10.2 Å². The summed E-state index contributed by atoms with van der Waals surface area (Å²) >= 11 is 5.85. The molecule has 3 N–H and O–H groups in total. The number of benzene rings is 3. The molecule has 5 rings (SSSR count). The minimum Gasteiger partial charge on any atom is -0.478 e. The molecular weight excluding hydrogens is 611 g/mol. The number of hydrogen-bond donors (Lipinski definition) is 3. The molecule has 0 fully saturated rings. The van der Waals surface area contributed by atoms with Crippen molar-refractivity contribution in [3.8, 4) is 17.0 Å². The van der Waals surface area contributed by atoms with Crippen molar-refractivity contribution in [2.24, 2.45) is 0 Å². The summed E-state index contributed by atoms with van der Waals surface area (Å²) in [6, 6.07) is 18.5. The molecule has 0 unspecified atom stereocenters. The van der Waals surface area contributed by atoms with Gasteiger partial charge in [-0.3, -0.25) is 4.79 Å². The largest absolute Gasteiger partial charge is 0.478 e. The summed E-state index contributed by atoms with van der Waals surface area (Å²) in [5, 5.41) is 24.3. The molecule has 0 atom stereocenters. The Hall–Kier alpha value is -5.29. The number of anilines is 2. The first kappa shape index (κ1) is 32.1. The summed E-state index contributed by atoms with van der Waals surface area (Å²) in [5.74, 6) is -0.760. The van der Waals surface area contributed by atoms with E-state index in [9.17, 15) is 19.1 Å². The van der Waals surface area contributed by atoms with Gasteiger partial charge in [0.15, 0.2) is 5.82 Å². The van der Waals surface area contributed by atoms with E-state index < -0.39 is 11.8 Å². The molecule has 0 aliphatic rings. The van der Waals surface area contributed by atoms with E-state index in [0.29, 0.717) is 51.3 Å². The number of nitrogens with one attached hydrogen (secondary N) is 2. The lowest BCUT2D eigenvalue weighted by molar-refractivity contribution is -0.115. The van der Waals surface area contributed by atoms with Crippen LogP contribution in [0.15, 0.2) is 79.3 Å². The maximum absolute atomic E-state index is 14.2.